The highest BCUT2D eigenvalue weighted by molar-refractivity contribution is 5.83. The van der Waals surface area contributed by atoms with Gasteiger partial charge in [0.05, 0.1) is 11.1 Å². The number of nitrogens with one attached hydrogen (secondary N) is 1. The largest absolute Gasteiger partial charge is 0.355 e. The lowest BCUT2D eigenvalue weighted by Crippen LogP contribution is -2.34. The zero-order chi connectivity index (χ0) is 13.8. The van der Waals surface area contributed by atoms with Crippen LogP contribution in [0.4, 0.5) is 0 Å². The number of hydrogen-bond donors (Lipinski definition) is 1. The molecule has 0 spiro atoms. The predicted octanol–water partition coefficient (Wildman–Crippen LogP) is 1.23. The van der Waals surface area contributed by atoms with E-state index in [1.54, 1.807) is 6.07 Å². The lowest BCUT2D eigenvalue weighted by Gasteiger charge is -2.08. The van der Waals surface area contributed by atoms with E-state index in [2.05, 4.69) is 10.4 Å². The lowest BCUT2D eigenvalue weighted by atomic mass is 10.1. The van der Waals surface area contributed by atoms with E-state index in [0.29, 0.717) is 11.9 Å². The van der Waals surface area contributed by atoms with E-state index in [4.69, 9.17) is 0 Å². The van der Waals surface area contributed by atoms with E-state index < -0.39 is 0 Å². The van der Waals surface area contributed by atoms with Gasteiger partial charge in [0.2, 0.25) is 5.91 Å². The molecule has 19 heavy (non-hydrogen) atoms. The van der Waals surface area contributed by atoms with Crippen molar-refractivity contribution in [2.24, 2.45) is 0 Å². The van der Waals surface area contributed by atoms with Crippen LogP contribution in [0.1, 0.15) is 19.0 Å². The Morgan fingerprint density at radius 3 is 2.68 bits per heavy atom. The second-order valence-electron chi connectivity index (χ2n) is 4.44. The number of hydrogen-bond acceptors (Lipinski definition) is 3. The molecule has 0 saturated carbocycles. The number of amides is 1. The third kappa shape index (κ3) is 2.81. The molecule has 5 nitrogen and oxygen atoms in total. The Bertz CT molecular complexity index is 661. The summed E-state index contributed by atoms with van der Waals surface area (Å²) in [5.41, 5.74) is 0.520. The molecule has 0 aliphatic carbocycles. The van der Waals surface area contributed by atoms with Gasteiger partial charge >= 0.3 is 0 Å². The number of fused-ring (bicyclic) bond motifs is 1. The fraction of sp³-hybridized carbons (Fsp3) is 0.357. The Labute approximate surface area is 111 Å². The Balaban J connectivity index is 2.37. The van der Waals surface area contributed by atoms with E-state index in [9.17, 15) is 9.59 Å². The normalized spacial score (nSPS) is 10.6. The fourth-order valence-electron chi connectivity index (χ4n) is 1.97. The van der Waals surface area contributed by atoms with Crippen molar-refractivity contribution in [1.29, 1.82) is 0 Å². The van der Waals surface area contributed by atoms with Gasteiger partial charge in [-0.25, -0.2) is 4.68 Å². The average molecular weight is 259 g/mol. The molecule has 1 aromatic heterocycles. The first kappa shape index (κ1) is 13.3. The van der Waals surface area contributed by atoms with Crippen LogP contribution in [0.25, 0.3) is 10.8 Å². The second-order valence-corrected chi connectivity index (χ2v) is 4.44. The summed E-state index contributed by atoms with van der Waals surface area (Å²) in [5.74, 6) is -0.189. The minimum atomic E-state index is -0.229. The zero-order valence-corrected chi connectivity index (χ0v) is 11.1. The summed E-state index contributed by atoms with van der Waals surface area (Å²) in [6, 6.07) is 7.30. The number of carbonyl (C=O) groups is 1. The highest BCUT2D eigenvalue weighted by Crippen LogP contribution is 2.11. The molecule has 2 aromatic rings. The molecule has 0 unspecified atom stereocenters. The first-order chi connectivity index (χ1) is 9.13. The van der Waals surface area contributed by atoms with Gasteiger partial charge in [-0.3, -0.25) is 9.59 Å². The SMILES string of the molecule is CCCNC(=O)Cn1nc(C)c2ccccc2c1=O. The molecule has 1 heterocycles. The maximum atomic E-state index is 12.2. The summed E-state index contributed by atoms with van der Waals surface area (Å²) in [7, 11) is 0. The number of benzene rings is 1. The number of nitrogens with zero attached hydrogens (tertiary/aromatic N) is 2. The van der Waals surface area contributed by atoms with Crippen molar-refractivity contribution >= 4 is 16.7 Å². The van der Waals surface area contributed by atoms with Crippen LogP contribution < -0.4 is 10.9 Å². The first-order valence-corrected chi connectivity index (χ1v) is 6.36. The monoisotopic (exact) mass is 259 g/mol. The predicted molar refractivity (Wildman–Crippen MR) is 74.0 cm³/mol. The molecule has 0 fully saturated rings. The highest BCUT2D eigenvalue weighted by Gasteiger charge is 2.10. The Morgan fingerprint density at radius 1 is 1.32 bits per heavy atom. The molecule has 1 N–H and O–H groups in total. The van der Waals surface area contributed by atoms with E-state index >= 15 is 0 Å². The van der Waals surface area contributed by atoms with E-state index in [0.717, 1.165) is 17.5 Å². The quantitative estimate of drug-likeness (QED) is 0.898. The highest BCUT2D eigenvalue weighted by atomic mass is 16.2. The van der Waals surface area contributed by atoms with Crippen molar-refractivity contribution in [1.82, 2.24) is 15.1 Å². The molecular formula is C14H17N3O2. The molecule has 1 amide bonds. The Hall–Kier alpha value is -2.17. The smallest absolute Gasteiger partial charge is 0.275 e. The van der Waals surface area contributed by atoms with E-state index in [1.807, 2.05) is 32.0 Å². The molecular weight excluding hydrogens is 242 g/mol. The van der Waals surface area contributed by atoms with Crippen molar-refractivity contribution in [2.75, 3.05) is 6.54 Å². The summed E-state index contributed by atoms with van der Waals surface area (Å²) >= 11 is 0. The summed E-state index contributed by atoms with van der Waals surface area (Å²) in [6.45, 7) is 4.39. The van der Waals surface area contributed by atoms with Gasteiger partial charge in [-0.15, -0.1) is 0 Å². The van der Waals surface area contributed by atoms with Crippen LogP contribution in [0.2, 0.25) is 0 Å². The number of rotatable bonds is 4. The van der Waals surface area contributed by atoms with Crippen LogP contribution in [0.15, 0.2) is 29.1 Å². The van der Waals surface area contributed by atoms with Crippen molar-refractivity contribution in [3.8, 4) is 0 Å². The van der Waals surface area contributed by atoms with Gasteiger partial charge in [0.25, 0.3) is 5.56 Å². The van der Waals surface area contributed by atoms with Gasteiger partial charge in [0, 0.05) is 11.9 Å². The van der Waals surface area contributed by atoms with Gasteiger partial charge in [-0.2, -0.15) is 5.10 Å². The molecule has 0 atom stereocenters. The molecule has 0 aliphatic rings. The third-order valence-corrected chi connectivity index (χ3v) is 2.92. The van der Waals surface area contributed by atoms with E-state index in [-0.39, 0.29) is 18.0 Å². The number of carbonyl (C=O) groups excluding carboxylic acids is 1. The summed E-state index contributed by atoms with van der Waals surface area (Å²) in [5, 5.41) is 8.36. The maximum Gasteiger partial charge on any atom is 0.275 e. The minimum absolute atomic E-state index is 0.0372. The fourth-order valence-corrected chi connectivity index (χ4v) is 1.97. The second kappa shape index (κ2) is 5.65. The maximum absolute atomic E-state index is 12.2. The van der Waals surface area contributed by atoms with Crippen LogP contribution in [0, 0.1) is 6.92 Å². The molecule has 5 heteroatoms. The topological polar surface area (TPSA) is 64.0 Å². The average Bonchev–Trinajstić information content (AvgIpc) is 2.42. The molecule has 0 bridgehead atoms. The summed E-state index contributed by atoms with van der Waals surface area (Å²) in [6.07, 6.45) is 0.866. The van der Waals surface area contributed by atoms with Crippen LogP contribution >= 0.6 is 0 Å². The molecule has 0 saturated heterocycles. The lowest BCUT2D eigenvalue weighted by molar-refractivity contribution is -0.121. The Kier molecular flexibility index (Phi) is 3.94. The number of aromatic nitrogens is 2. The Morgan fingerprint density at radius 2 is 2.00 bits per heavy atom. The number of aryl methyl sites for hydroxylation is 1. The minimum Gasteiger partial charge on any atom is -0.355 e. The van der Waals surface area contributed by atoms with Gasteiger partial charge < -0.3 is 5.32 Å². The zero-order valence-electron chi connectivity index (χ0n) is 11.1. The van der Waals surface area contributed by atoms with Crippen molar-refractivity contribution in [3.05, 3.63) is 40.3 Å². The van der Waals surface area contributed by atoms with Crippen molar-refractivity contribution < 1.29 is 4.79 Å². The third-order valence-electron chi connectivity index (χ3n) is 2.92. The van der Waals surface area contributed by atoms with Gasteiger partial charge in [-0.05, 0) is 19.4 Å². The molecule has 100 valence electrons. The van der Waals surface area contributed by atoms with Crippen LogP contribution in [-0.2, 0) is 11.3 Å². The summed E-state index contributed by atoms with van der Waals surface area (Å²) < 4.78 is 1.22. The van der Waals surface area contributed by atoms with Gasteiger partial charge in [-0.1, -0.05) is 25.1 Å². The first-order valence-electron chi connectivity index (χ1n) is 6.36. The van der Waals surface area contributed by atoms with Crippen LogP contribution in [-0.4, -0.2) is 22.2 Å². The van der Waals surface area contributed by atoms with E-state index in [1.165, 1.54) is 4.68 Å². The molecule has 1 aromatic carbocycles. The van der Waals surface area contributed by atoms with Gasteiger partial charge in [0.15, 0.2) is 0 Å². The van der Waals surface area contributed by atoms with Crippen molar-refractivity contribution in [3.63, 3.8) is 0 Å². The van der Waals surface area contributed by atoms with Gasteiger partial charge in [0.1, 0.15) is 6.54 Å². The van der Waals surface area contributed by atoms with Crippen LogP contribution in [0.5, 0.6) is 0 Å². The van der Waals surface area contributed by atoms with Crippen molar-refractivity contribution in [2.45, 2.75) is 26.8 Å². The standard InChI is InChI=1S/C14H17N3O2/c1-3-8-15-13(18)9-17-14(19)12-7-5-4-6-11(12)10(2)16-17/h4-7H,3,8-9H2,1-2H3,(H,15,18). The molecule has 0 aliphatic heterocycles. The van der Waals surface area contributed by atoms with Crippen LogP contribution in [0.3, 0.4) is 0 Å². The summed E-state index contributed by atoms with van der Waals surface area (Å²) in [4.78, 5) is 23.9. The molecule has 0 radical (unpaired) electrons. The molecule has 2 rings (SSSR count).